The fraction of sp³-hybridized carbons (Fsp3) is 0.424. The topological polar surface area (TPSA) is 47.6 Å². The quantitative estimate of drug-likeness (QED) is 0.0568. The molecule has 0 amide bonds. The number of allylic oxidation sites excluding steroid dienone is 3. The maximum Gasteiger partial charge on any atom is 0.145 e. The molecular weight excluding hydrogens is 794 g/mol. The van der Waals surface area contributed by atoms with Gasteiger partial charge in [-0.3, -0.25) is 0 Å². The SMILES string of the molecule is C=C/C(=C\C)CCCCCC.CCCCCCCc1cc(C)c(C#Cc2cc(F)c(C#N)c(F)c2)c(C)c1.CCCCCCCc1cc(C)c(C#Cc2ccc(C#N)c(F)c2)c(C)c1. The zero-order chi connectivity index (χ0) is 47.3. The van der Waals surface area contributed by atoms with E-state index in [1.54, 1.807) is 6.07 Å². The van der Waals surface area contributed by atoms with E-state index in [9.17, 15) is 13.2 Å². The summed E-state index contributed by atoms with van der Waals surface area (Å²) in [7, 11) is 0. The van der Waals surface area contributed by atoms with Crippen molar-refractivity contribution in [3.05, 3.63) is 163 Å². The Morgan fingerprint density at radius 2 is 0.938 bits per heavy atom. The molecule has 0 aliphatic carbocycles. The van der Waals surface area contributed by atoms with E-state index in [1.165, 1.54) is 131 Å². The van der Waals surface area contributed by atoms with E-state index in [0.717, 1.165) is 58.4 Å². The van der Waals surface area contributed by atoms with Crippen LogP contribution < -0.4 is 0 Å². The Bertz CT molecular complexity index is 2280. The Balaban J connectivity index is 0.000000359. The fourth-order valence-corrected chi connectivity index (χ4v) is 7.48. The molecule has 0 unspecified atom stereocenters. The predicted molar refractivity (Wildman–Crippen MR) is 264 cm³/mol. The number of unbranched alkanes of at least 4 members (excludes halogenated alkanes) is 11. The standard InChI is InChI=1S/C24H25F2N.C24H26FN.C11H20/c1-4-5-6-7-8-9-19-12-17(2)21(18(3)13-19)11-10-20-14-23(25)22(16-27)24(26)15-20;1-4-5-6-7-8-9-21-14-18(2)23(19(3)15-21)13-11-20-10-12-22(17-26)24(25)16-20;1-4-7-8-9-10-11(5-2)6-3/h12-15H,4-9H2,1-3H3;10,12,14-16H,4-9H2,1-3H3;5-6H,2,4,7-10H2,1,3H3/b;;11-6+. The number of rotatable bonds is 18. The molecule has 4 aromatic carbocycles. The van der Waals surface area contributed by atoms with Gasteiger partial charge in [0.05, 0.1) is 5.56 Å². The molecule has 64 heavy (non-hydrogen) atoms. The molecule has 4 rings (SSSR count). The highest BCUT2D eigenvalue weighted by Gasteiger charge is 2.10. The molecule has 0 heterocycles. The van der Waals surface area contributed by atoms with Crippen molar-refractivity contribution in [3.8, 4) is 35.8 Å². The largest absolute Gasteiger partial charge is 0.206 e. The van der Waals surface area contributed by atoms with E-state index in [0.29, 0.717) is 5.56 Å². The third-order valence-corrected chi connectivity index (χ3v) is 11.2. The molecule has 0 aromatic heterocycles. The van der Waals surface area contributed by atoms with Crippen LogP contribution in [-0.4, -0.2) is 0 Å². The van der Waals surface area contributed by atoms with Crippen molar-refractivity contribution in [1.29, 1.82) is 10.5 Å². The Morgan fingerprint density at radius 3 is 1.33 bits per heavy atom. The summed E-state index contributed by atoms with van der Waals surface area (Å²) >= 11 is 0. The van der Waals surface area contributed by atoms with Crippen molar-refractivity contribution >= 4 is 0 Å². The van der Waals surface area contributed by atoms with E-state index in [4.69, 9.17) is 10.5 Å². The van der Waals surface area contributed by atoms with Crippen LogP contribution in [0.5, 0.6) is 0 Å². The number of hydrogen-bond acceptors (Lipinski definition) is 2. The first-order valence-corrected chi connectivity index (χ1v) is 23.5. The van der Waals surface area contributed by atoms with E-state index in [1.807, 2.05) is 26.0 Å². The summed E-state index contributed by atoms with van der Waals surface area (Å²) in [5.74, 6) is 9.77. The summed E-state index contributed by atoms with van der Waals surface area (Å²) in [5.41, 5.74) is 10.7. The van der Waals surface area contributed by atoms with Crippen molar-refractivity contribution < 1.29 is 13.2 Å². The lowest BCUT2D eigenvalue weighted by atomic mass is 9.96. The minimum Gasteiger partial charge on any atom is -0.206 e. The molecular formula is C59H71F3N2. The van der Waals surface area contributed by atoms with Crippen LogP contribution in [0.25, 0.3) is 0 Å². The third kappa shape index (κ3) is 19.7. The summed E-state index contributed by atoms with van der Waals surface area (Å²) in [4.78, 5) is 0. The molecule has 0 spiro atoms. The second kappa shape index (κ2) is 31.2. The minimum absolute atomic E-state index is 0.0474. The molecule has 0 aliphatic rings. The van der Waals surface area contributed by atoms with Gasteiger partial charge in [-0.1, -0.05) is 164 Å². The average Bonchev–Trinajstić information content (AvgIpc) is 3.26. The zero-order valence-electron chi connectivity index (χ0n) is 40.1. The predicted octanol–water partition coefficient (Wildman–Crippen LogP) is 16.7. The molecule has 0 radical (unpaired) electrons. The summed E-state index contributed by atoms with van der Waals surface area (Å²) in [6, 6.07) is 18.8. The van der Waals surface area contributed by atoms with Crippen molar-refractivity contribution in [1.82, 2.24) is 0 Å². The van der Waals surface area contributed by atoms with Crippen molar-refractivity contribution in [3.63, 3.8) is 0 Å². The van der Waals surface area contributed by atoms with Crippen LogP contribution in [0.2, 0.25) is 0 Å². The van der Waals surface area contributed by atoms with Crippen LogP contribution >= 0.6 is 0 Å². The molecule has 0 saturated carbocycles. The molecule has 0 atom stereocenters. The first-order valence-electron chi connectivity index (χ1n) is 23.5. The van der Waals surface area contributed by atoms with Crippen LogP contribution in [-0.2, 0) is 12.8 Å². The number of halogens is 3. The highest BCUT2D eigenvalue weighted by atomic mass is 19.1. The lowest BCUT2D eigenvalue weighted by Gasteiger charge is -2.08. The molecule has 2 nitrogen and oxygen atoms in total. The molecule has 4 aromatic rings. The molecule has 0 saturated heterocycles. The zero-order valence-corrected chi connectivity index (χ0v) is 40.1. The van der Waals surface area contributed by atoms with Gasteiger partial charge in [0.2, 0.25) is 0 Å². The fourth-order valence-electron chi connectivity index (χ4n) is 7.48. The molecule has 5 heteroatoms. The normalized spacial score (nSPS) is 10.4. The van der Waals surface area contributed by atoms with Crippen molar-refractivity contribution in [2.75, 3.05) is 0 Å². The Kier molecular flexibility index (Phi) is 26.5. The van der Waals surface area contributed by atoms with Gasteiger partial charge in [-0.05, 0) is 137 Å². The first-order chi connectivity index (χ1) is 30.8. The number of benzene rings is 4. The molecule has 0 fully saturated rings. The number of hydrogen-bond donors (Lipinski definition) is 0. The molecule has 0 bridgehead atoms. The van der Waals surface area contributed by atoms with Crippen LogP contribution in [0, 0.1) is 91.5 Å². The summed E-state index contributed by atoms with van der Waals surface area (Å²) in [6.07, 6.45) is 25.6. The van der Waals surface area contributed by atoms with Crippen LogP contribution in [0.3, 0.4) is 0 Å². The van der Waals surface area contributed by atoms with Gasteiger partial charge in [-0.15, -0.1) is 0 Å². The van der Waals surface area contributed by atoms with Crippen molar-refractivity contribution in [2.45, 2.75) is 165 Å². The lowest BCUT2D eigenvalue weighted by Crippen LogP contribution is -1.95. The van der Waals surface area contributed by atoms with Gasteiger partial charge in [-0.2, -0.15) is 10.5 Å². The molecule has 0 N–H and O–H groups in total. The molecule has 0 aliphatic heterocycles. The third-order valence-electron chi connectivity index (χ3n) is 11.2. The number of aryl methyl sites for hydroxylation is 6. The van der Waals surface area contributed by atoms with Crippen LogP contribution in [0.1, 0.15) is 191 Å². The van der Waals surface area contributed by atoms with Gasteiger partial charge >= 0.3 is 0 Å². The second-order valence-corrected chi connectivity index (χ2v) is 16.6. The number of nitriles is 2. The Labute approximate surface area is 385 Å². The maximum atomic E-state index is 13.7. The van der Waals surface area contributed by atoms with Crippen LogP contribution in [0.15, 0.2) is 78.9 Å². The highest BCUT2D eigenvalue weighted by molar-refractivity contribution is 5.54. The minimum atomic E-state index is -0.881. The lowest BCUT2D eigenvalue weighted by molar-refractivity contribution is 0.576. The summed E-state index contributed by atoms with van der Waals surface area (Å²) in [6.45, 7) is 20.7. The summed E-state index contributed by atoms with van der Waals surface area (Å²) in [5, 5.41) is 17.5. The van der Waals surface area contributed by atoms with Gasteiger partial charge in [0.25, 0.3) is 0 Å². The Hall–Kier alpha value is -5.75. The monoisotopic (exact) mass is 865 g/mol. The first kappa shape index (κ1) is 54.4. The molecule has 338 valence electrons. The van der Waals surface area contributed by atoms with Gasteiger partial charge in [0, 0.05) is 22.3 Å². The highest BCUT2D eigenvalue weighted by Crippen LogP contribution is 2.21. The summed E-state index contributed by atoms with van der Waals surface area (Å²) < 4.78 is 41.1. The number of nitrogens with zero attached hydrogens (tertiary/aromatic N) is 2. The second-order valence-electron chi connectivity index (χ2n) is 16.6. The van der Waals surface area contributed by atoms with Gasteiger partial charge in [0.1, 0.15) is 35.2 Å². The van der Waals surface area contributed by atoms with Gasteiger partial charge in [0.15, 0.2) is 0 Å². The van der Waals surface area contributed by atoms with Gasteiger partial charge < -0.3 is 0 Å². The van der Waals surface area contributed by atoms with Crippen molar-refractivity contribution in [2.24, 2.45) is 0 Å². The van der Waals surface area contributed by atoms with E-state index < -0.39 is 23.0 Å². The van der Waals surface area contributed by atoms with E-state index >= 15 is 0 Å². The smallest absolute Gasteiger partial charge is 0.145 e. The average molecular weight is 865 g/mol. The van der Waals surface area contributed by atoms with Gasteiger partial charge in [-0.25, -0.2) is 13.2 Å². The Morgan fingerprint density at radius 1 is 0.516 bits per heavy atom. The maximum absolute atomic E-state index is 13.7. The van der Waals surface area contributed by atoms with E-state index in [-0.39, 0.29) is 11.1 Å². The van der Waals surface area contributed by atoms with E-state index in [2.05, 4.69) is 102 Å². The van der Waals surface area contributed by atoms with Crippen LogP contribution in [0.4, 0.5) is 13.2 Å².